The molecule has 1 heteroatoms. The summed E-state index contributed by atoms with van der Waals surface area (Å²) in [5, 5.41) is 0. The van der Waals surface area contributed by atoms with E-state index in [9.17, 15) is 0 Å². The molecular formula is C29H45Na. The standard InChI is InChI=1S/C29H44.Na.H/c1-26(2,3)22-15-13-20(24(18-22)28(7,8)9)17-21-14-16-23(27(4,5)6)19-25(21)29(10,11)12;;/h13-16,18-19H,17H2,1-12H3;;. The number of benzene rings is 2. The Morgan fingerprint density at radius 3 is 1.00 bits per heavy atom. The van der Waals surface area contributed by atoms with Crippen LogP contribution in [0.1, 0.15) is 116 Å². The fourth-order valence-corrected chi connectivity index (χ4v) is 4.00. The minimum atomic E-state index is 0. The molecule has 0 atom stereocenters. The van der Waals surface area contributed by atoms with E-state index in [0.29, 0.717) is 0 Å². The summed E-state index contributed by atoms with van der Waals surface area (Å²) in [7, 11) is 0. The number of hydrogen-bond donors (Lipinski definition) is 0. The van der Waals surface area contributed by atoms with Crippen LogP contribution in [0.25, 0.3) is 0 Å². The Bertz CT molecular complexity index is 786. The van der Waals surface area contributed by atoms with Gasteiger partial charge in [-0.25, -0.2) is 0 Å². The first-order chi connectivity index (χ1) is 12.9. The van der Waals surface area contributed by atoms with Crippen molar-refractivity contribution in [3.8, 4) is 0 Å². The summed E-state index contributed by atoms with van der Waals surface area (Å²) in [6.45, 7) is 27.9. The monoisotopic (exact) mass is 416 g/mol. The van der Waals surface area contributed by atoms with Crippen molar-refractivity contribution in [3.63, 3.8) is 0 Å². The van der Waals surface area contributed by atoms with Crippen molar-refractivity contribution in [2.75, 3.05) is 0 Å². The van der Waals surface area contributed by atoms with E-state index in [1.165, 1.54) is 33.4 Å². The average molecular weight is 417 g/mol. The van der Waals surface area contributed by atoms with Crippen molar-refractivity contribution in [3.05, 3.63) is 69.8 Å². The molecule has 0 saturated heterocycles. The third-order valence-corrected chi connectivity index (χ3v) is 5.95. The third-order valence-electron chi connectivity index (χ3n) is 5.95. The SMILES string of the molecule is CC(C)(C)c1ccc(Cc2ccc(C(C)(C)C)cc2C(C)(C)C)c(C(C)(C)C)c1.[NaH]. The van der Waals surface area contributed by atoms with Crippen molar-refractivity contribution in [2.24, 2.45) is 0 Å². The van der Waals surface area contributed by atoms with Gasteiger partial charge in [0.1, 0.15) is 0 Å². The van der Waals surface area contributed by atoms with E-state index < -0.39 is 0 Å². The van der Waals surface area contributed by atoms with Gasteiger partial charge in [0.25, 0.3) is 0 Å². The zero-order valence-electron chi connectivity index (χ0n) is 21.2. The fourth-order valence-electron chi connectivity index (χ4n) is 4.00. The molecule has 0 spiro atoms. The Morgan fingerprint density at radius 2 is 0.767 bits per heavy atom. The molecule has 0 unspecified atom stereocenters. The van der Waals surface area contributed by atoms with Gasteiger partial charge in [-0.2, -0.15) is 0 Å². The Balaban J connectivity index is 0.00000450. The molecule has 162 valence electrons. The second-order valence-electron chi connectivity index (χ2n) is 12.9. The topological polar surface area (TPSA) is 0 Å². The van der Waals surface area contributed by atoms with Crippen LogP contribution in [0.2, 0.25) is 0 Å². The number of hydrogen-bond acceptors (Lipinski definition) is 0. The van der Waals surface area contributed by atoms with Crippen LogP contribution in [0.3, 0.4) is 0 Å². The molecule has 0 fully saturated rings. The first-order valence-corrected chi connectivity index (χ1v) is 11.2. The third kappa shape index (κ3) is 6.72. The van der Waals surface area contributed by atoms with Crippen molar-refractivity contribution in [2.45, 2.75) is 111 Å². The zero-order chi connectivity index (χ0) is 22.4. The Hall–Kier alpha value is -0.560. The summed E-state index contributed by atoms with van der Waals surface area (Å²) in [4.78, 5) is 0. The summed E-state index contributed by atoms with van der Waals surface area (Å²) in [5.41, 5.74) is 9.31. The predicted octanol–water partition coefficient (Wildman–Crippen LogP) is 7.82. The summed E-state index contributed by atoms with van der Waals surface area (Å²) in [6, 6.07) is 14.3. The fraction of sp³-hybridized carbons (Fsp3) is 0.586. The van der Waals surface area contributed by atoms with E-state index in [-0.39, 0.29) is 51.2 Å². The van der Waals surface area contributed by atoms with Gasteiger partial charge in [0.15, 0.2) is 0 Å². The first kappa shape index (κ1) is 27.5. The molecule has 0 bridgehead atoms. The van der Waals surface area contributed by atoms with Crippen molar-refractivity contribution < 1.29 is 0 Å². The molecule has 0 nitrogen and oxygen atoms in total. The molecule has 0 aromatic heterocycles. The van der Waals surface area contributed by atoms with Crippen LogP contribution in [0.4, 0.5) is 0 Å². The molecule has 30 heavy (non-hydrogen) atoms. The predicted molar refractivity (Wildman–Crippen MR) is 138 cm³/mol. The van der Waals surface area contributed by atoms with E-state index in [1.807, 2.05) is 0 Å². The normalized spacial score (nSPS) is 13.2. The molecule has 0 saturated carbocycles. The van der Waals surface area contributed by atoms with Crippen LogP contribution >= 0.6 is 0 Å². The first-order valence-electron chi connectivity index (χ1n) is 11.2. The van der Waals surface area contributed by atoms with Crippen LogP contribution in [-0.2, 0) is 28.1 Å². The van der Waals surface area contributed by atoms with E-state index in [4.69, 9.17) is 0 Å². The van der Waals surface area contributed by atoms with Gasteiger partial charge in [0, 0.05) is 0 Å². The maximum atomic E-state index is 2.45. The molecular weight excluding hydrogens is 371 g/mol. The van der Waals surface area contributed by atoms with Gasteiger partial charge in [-0.15, -0.1) is 0 Å². The second-order valence-corrected chi connectivity index (χ2v) is 12.9. The molecule has 0 aliphatic carbocycles. The van der Waals surface area contributed by atoms with Crippen LogP contribution in [0, 0.1) is 0 Å². The van der Waals surface area contributed by atoms with Crippen molar-refractivity contribution in [1.82, 2.24) is 0 Å². The van der Waals surface area contributed by atoms with Gasteiger partial charge >= 0.3 is 29.6 Å². The molecule has 0 N–H and O–H groups in total. The minimum absolute atomic E-state index is 0. The van der Waals surface area contributed by atoms with Crippen molar-refractivity contribution >= 4 is 29.6 Å². The molecule has 2 rings (SSSR count). The van der Waals surface area contributed by atoms with Crippen LogP contribution in [0.15, 0.2) is 36.4 Å². The van der Waals surface area contributed by atoms with Gasteiger partial charge in [0.05, 0.1) is 0 Å². The van der Waals surface area contributed by atoms with Gasteiger partial charge in [-0.05, 0) is 61.5 Å². The average Bonchev–Trinajstić information content (AvgIpc) is 2.51. The summed E-state index contributed by atoms with van der Waals surface area (Å²) < 4.78 is 0. The summed E-state index contributed by atoms with van der Waals surface area (Å²) >= 11 is 0. The second kappa shape index (κ2) is 9.13. The van der Waals surface area contributed by atoms with E-state index in [1.54, 1.807) is 0 Å². The molecule has 0 heterocycles. The van der Waals surface area contributed by atoms with Crippen LogP contribution in [0.5, 0.6) is 0 Å². The molecule has 0 aliphatic rings. The number of rotatable bonds is 2. The molecule has 0 aliphatic heterocycles. The van der Waals surface area contributed by atoms with E-state index in [2.05, 4.69) is 119 Å². The molecule has 0 amide bonds. The Morgan fingerprint density at radius 1 is 0.467 bits per heavy atom. The maximum absolute atomic E-state index is 2.45. The van der Waals surface area contributed by atoms with Crippen LogP contribution in [-0.4, -0.2) is 29.6 Å². The quantitative estimate of drug-likeness (QED) is 0.438. The van der Waals surface area contributed by atoms with E-state index in [0.717, 1.165) is 6.42 Å². The van der Waals surface area contributed by atoms with Gasteiger partial charge in [-0.3, -0.25) is 0 Å². The summed E-state index contributed by atoms with van der Waals surface area (Å²) in [6.07, 6.45) is 0.994. The van der Waals surface area contributed by atoms with Gasteiger partial charge in [-0.1, -0.05) is 119 Å². The molecule has 2 aromatic rings. The van der Waals surface area contributed by atoms with E-state index >= 15 is 0 Å². The Labute approximate surface area is 209 Å². The Kier molecular flexibility index (Phi) is 8.36. The van der Waals surface area contributed by atoms with Gasteiger partial charge in [0.2, 0.25) is 0 Å². The van der Waals surface area contributed by atoms with Crippen molar-refractivity contribution in [1.29, 1.82) is 0 Å². The molecule has 2 aromatic carbocycles. The zero-order valence-corrected chi connectivity index (χ0v) is 21.2. The molecule has 0 radical (unpaired) electrons. The summed E-state index contributed by atoms with van der Waals surface area (Å²) in [5.74, 6) is 0. The van der Waals surface area contributed by atoms with Crippen LogP contribution < -0.4 is 0 Å². The van der Waals surface area contributed by atoms with Gasteiger partial charge < -0.3 is 0 Å².